The third-order valence-electron chi connectivity index (χ3n) is 2.84. The van der Waals surface area contributed by atoms with Crippen molar-refractivity contribution in [2.75, 3.05) is 23.9 Å². The molecule has 4 heteroatoms. The van der Waals surface area contributed by atoms with E-state index >= 15 is 0 Å². The molecule has 1 aliphatic rings. The SMILES string of the molecule is Fc1ccc(N2CCC(CCCl)C2)nc1. The lowest BCUT2D eigenvalue weighted by atomic mass is 10.1. The van der Waals surface area contributed by atoms with Crippen LogP contribution in [0, 0.1) is 11.7 Å². The Morgan fingerprint density at radius 1 is 1.53 bits per heavy atom. The van der Waals surface area contributed by atoms with Crippen LogP contribution in [-0.2, 0) is 0 Å². The normalized spacial score (nSPS) is 20.9. The van der Waals surface area contributed by atoms with Gasteiger partial charge in [-0.3, -0.25) is 0 Å². The standard InChI is InChI=1S/C11H14ClFN2/c12-5-3-9-4-6-15(8-9)11-2-1-10(13)7-14-11/h1-2,7,9H,3-6,8H2. The molecule has 0 aliphatic carbocycles. The second-order valence-electron chi connectivity index (χ2n) is 3.91. The van der Waals surface area contributed by atoms with Crippen LogP contribution in [0.5, 0.6) is 0 Å². The average Bonchev–Trinajstić information content (AvgIpc) is 2.68. The summed E-state index contributed by atoms with van der Waals surface area (Å²) in [6.07, 6.45) is 3.48. The third-order valence-corrected chi connectivity index (χ3v) is 3.06. The molecule has 2 heterocycles. The zero-order valence-electron chi connectivity index (χ0n) is 8.50. The van der Waals surface area contributed by atoms with Gasteiger partial charge in [-0.15, -0.1) is 11.6 Å². The molecule has 2 rings (SSSR count). The van der Waals surface area contributed by atoms with Crippen LogP contribution in [0.2, 0.25) is 0 Å². The van der Waals surface area contributed by atoms with Gasteiger partial charge in [-0.2, -0.15) is 0 Å². The quantitative estimate of drug-likeness (QED) is 0.740. The molecule has 1 aliphatic heterocycles. The fourth-order valence-corrected chi connectivity index (χ4v) is 2.29. The van der Waals surface area contributed by atoms with Gasteiger partial charge in [0.2, 0.25) is 0 Å². The molecule has 82 valence electrons. The van der Waals surface area contributed by atoms with E-state index in [9.17, 15) is 4.39 Å². The summed E-state index contributed by atoms with van der Waals surface area (Å²) < 4.78 is 12.7. The molecule has 1 atom stereocenters. The molecule has 1 aromatic rings. The minimum atomic E-state index is -0.282. The van der Waals surface area contributed by atoms with E-state index in [4.69, 9.17) is 11.6 Å². The maximum atomic E-state index is 12.7. The van der Waals surface area contributed by atoms with E-state index in [1.54, 1.807) is 6.07 Å². The lowest BCUT2D eigenvalue weighted by Crippen LogP contribution is -2.20. The van der Waals surface area contributed by atoms with Crippen molar-refractivity contribution in [2.24, 2.45) is 5.92 Å². The molecule has 15 heavy (non-hydrogen) atoms. The summed E-state index contributed by atoms with van der Waals surface area (Å²) >= 11 is 5.71. The van der Waals surface area contributed by atoms with Gasteiger partial charge in [0.1, 0.15) is 11.6 Å². The Kier molecular flexibility index (Phi) is 3.41. The number of alkyl halides is 1. The van der Waals surface area contributed by atoms with E-state index in [2.05, 4.69) is 9.88 Å². The van der Waals surface area contributed by atoms with Crippen molar-refractivity contribution in [3.63, 3.8) is 0 Å². The Balaban J connectivity index is 1.98. The topological polar surface area (TPSA) is 16.1 Å². The molecular formula is C11H14ClFN2. The first-order valence-corrected chi connectivity index (χ1v) is 5.75. The summed E-state index contributed by atoms with van der Waals surface area (Å²) in [4.78, 5) is 6.26. The van der Waals surface area contributed by atoms with Crippen LogP contribution in [0.4, 0.5) is 10.2 Å². The highest BCUT2D eigenvalue weighted by Gasteiger charge is 2.22. The van der Waals surface area contributed by atoms with Crippen molar-refractivity contribution in [2.45, 2.75) is 12.8 Å². The van der Waals surface area contributed by atoms with Crippen LogP contribution in [0.1, 0.15) is 12.8 Å². The number of anilines is 1. The minimum absolute atomic E-state index is 0.282. The molecule has 0 saturated carbocycles. The fraction of sp³-hybridized carbons (Fsp3) is 0.545. The highest BCUT2D eigenvalue weighted by Crippen LogP contribution is 2.24. The largest absolute Gasteiger partial charge is 0.356 e. The number of hydrogen-bond acceptors (Lipinski definition) is 2. The lowest BCUT2D eigenvalue weighted by Gasteiger charge is -2.16. The molecule has 0 radical (unpaired) electrons. The van der Waals surface area contributed by atoms with Crippen LogP contribution in [0.3, 0.4) is 0 Å². The van der Waals surface area contributed by atoms with Crippen molar-refractivity contribution in [1.82, 2.24) is 4.98 Å². The Morgan fingerprint density at radius 2 is 2.40 bits per heavy atom. The van der Waals surface area contributed by atoms with Crippen molar-refractivity contribution < 1.29 is 4.39 Å². The molecule has 1 saturated heterocycles. The van der Waals surface area contributed by atoms with E-state index < -0.39 is 0 Å². The van der Waals surface area contributed by atoms with Gasteiger partial charge in [-0.25, -0.2) is 9.37 Å². The van der Waals surface area contributed by atoms with Gasteiger partial charge in [0.25, 0.3) is 0 Å². The van der Waals surface area contributed by atoms with Crippen molar-refractivity contribution in [1.29, 1.82) is 0 Å². The molecule has 0 bridgehead atoms. The summed E-state index contributed by atoms with van der Waals surface area (Å²) in [6, 6.07) is 3.19. The Morgan fingerprint density at radius 3 is 3.07 bits per heavy atom. The number of nitrogens with zero attached hydrogens (tertiary/aromatic N) is 2. The van der Waals surface area contributed by atoms with Crippen molar-refractivity contribution in [3.05, 3.63) is 24.1 Å². The van der Waals surface area contributed by atoms with Crippen molar-refractivity contribution >= 4 is 17.4 Å². The van der Waals surface area contributed by atoms with E-state index in [1.165, 1.54) is 12.3 Å². The maximum absolute atomic E-state index is 12.7. The first kappa shape index (κ1) is 10.7. The second kappa shape index (κ2) is 4.79. The smallest absolute Gasteiger partial charge is 0.141 e. The molecule has 0 N–H and O–H groups in total. The highest BCUT2D eigenvalue weighted by atomic mass is 35.5. The molecule has 1 fully saturated rings. The molecule has 0 spiro atoms. The second-order valence-corrected chi connectivity index (χ2v) is 4.29. The molecule has 1 unspecified atom stereocenters. The first-order chi connectivity index (χ1) is 7.29. The summed E-state index contributed by atoms with van der Waals surface area (Å²) in [7, 11) is 0. The monoisotopic (exact) mass is 228 g/mol. The summed E-state index contributed by atoms with van der Waals surface area (Å²) in [5.41, 5.74) is 0. The van der Waals surface area contributed by atoms with E-state index in [-0.39, 0.29) is 5.82 Å². The number of aromatic nitrogens is 1. The predicted octanol–water partition coefficient (Wildman–Crippen LogP) is 2.68. The Hall–Kier alpha value is -0.830. The van der Waals surface area contributed by atoms with E-state index in [0.29, 0.717) is 5.92 Å². The van der Waals surface area contributed by atoms with Gasteiger partial charge in [0.15, 0.2) is 0 Å². The third kappa shape index (κ3) is 2.59. The number of rotatable bonds is 3. The van der Waals surface area contributed by atoms with Gasteiger partial charge in [-0.1, -0.05) is 0 Å². The molecule has 2 nitrogen and oxygen atoms in total. The van der Waals surface area contributed by atoms with Crippen LogP contribution in [0.25, 0.3) is 0 Å². The molecular weight excluding hydrogens is 215 g/mol. The summed E-state index contributed by atoms with van der Waals surface area (Å²) in [5, 5.41) is 0. The van der Waals surface area contributed by atoms with Gasteiger partial charge < -0.3 is 4.90 Å². The van der Waals surface area contributed by atoms with Gasteiger partial charge >= 0.3 is 0 Å². The van der Waals surface area contributed by atoms with Crippen LogP contribution < -0.4 is 4.90 Å². The van der Waals surface area contributed by atoms with E-state index in [0.717, 1.165) is 37.6 Å². The van der Waals surface area contributed by atoms with Crippen LogP contribution >= 0.6 is 11.6 Å². The first-order valence-electron chi connectivity index (χ1n) is 5.22. The summed E-state index contributed by atoms with van der Waals surface area (Å²) in [5.74, 6) is 1.97. The number of hydrogen-bond donors (Lipinski definition) is 0. The average molecular weight is 229 g/mol. The number of pyridine rings is 1. The lowest BCUT2D eigenvalue weighted by molar-refractivity contribution is 0.572. The van der Waals surface area contributed by atoms with Crippen molar-refractivity contribution in [3.8, 4) is 0 Å². The Labute approximate surface area is 94.1 Å². The van der Waals surface area contributed by atoms with Gasteiger partial charge in [-0.05, 0) is 30.9 Å². The van der Waals surface area contributed by atoms with Crippen LogP contribution in [0.15, 0.2) is 18.3 Å². The number of halogens is 2. The predicted molar refractivity (Wildman–Crippen MR) is 59.9 cm³/mol. The maximum Gasteiger partial charge on any atom is 0.141 e. The highest BCUT2D eigenvalue weighted by molar-refractivity contribution is 6.17. The van der Waals surface area contributed by atoms with Gasteiger partial charge in [0, 0.05) is 19.0 Å². The van der Waals surface area contributed by atoms with Crippen LogP contribution in [-0.4, -0.2) is 24.0 Å². The minimum Gasteiger partial charge on any atom is -0.356 e. The fourth-order valence-electron chi connectivity index (χ4n) is 1.99. The Bertz CT molecular complexity index is 315. The molecule has 0 aromatic carbocycles. The zero-order chi connectivity index (χ0) is 10.7. The van der Waals surface area contributed by atoms with Gasteiger partial charge in [0.05, 0.1) is 6.20 Å². The van der Waals surface area contributed by atoms with E-state index in [1.807, 2.05) is 0 Å². The molecule has 1 aromatic heterocycles. The zero-order valence-corrected chi connectivity index (χ0v) is 9.25. The molecule has 0 amide bonds. The summed E-state index contributed by atoms with van der Waals surface area (Å²) in [6.45, 7) is 1.99.